The minimum Gasteiger partial charge on any atom is -0.451 e. The summed E-state index contributed by atoms with van der Waals surface area (Å²) in [4.78, 5) is 31.8. The molecule has 5 aromatic rings. The number of carbonyl (C=O) groups excluding carboxylic acids is 1. The van der Waals surface area contributed by atoms with E-state index in [-0.39, 0.29) is 11.4 Å². The molecule has 0 unspecified atom stereocenters. The highest BCUT2D eigenvalue weighted by molar-refractivity contribution is 6.03. The van der Waals surface area contributed by atoms with E-state index in [2.05, 4.69) is 15.3 Å². The monoisotopic (exact) mass is 440 g/mol. The number of amides is 1. The number of oxazole rings is 1. The van der Waals surface area contributed by atoms with Crippen molar-refractivity contribution >= 4 is 28.5 Å². The zero-order valence-corrected chi connectivity index (χ0v) is 17.3. The number of furan rings is 1. The fourth-order valence-corrected chi connectivity index (χ4v) is 3.43. The summed E-state index contributed by atoms with van der Waals surface area (Å²) in [7, 11) is 0. The number of carbonyl (C=O) groups is 1. The van der Waals surface area contributed by atoms with Crippen LogP contribution in [0.25, 0.3) is 34.0 Å². The van der Waals surface area contributed by atoms with Crippen LogP contribution in [0.2, 0.25) is 0 Å². The van der Waals surface area contributed by atoms with Gasteiger partial charge < -0.3 is 14.2 Å². The average molecular weight is 440 g/mol. The van der Waals surface area contributed by atoms with Crippen LogP contribution in [0.4, 0.5) is 11.4 Å². The third-order valence-corrected chi connectivity index (χ3v) is 5.17. The van der Waals surface area contributed by atoms with Gasteiger partial charge in [0.05, 0.1) is 4.92 Å². The Hall–Kier alpha value is -4.79. The maximum atomic E-state index is 12.8. The van der Waals surface area contributed by atoms with E-state index in [9.17, 15) is 14.9 Å². The topological polar surface area (TPSA) is 124 Å². The Balaban J connectivity index is 1.38. The van der Waals surface area contributed by atoms with Gasteiger partial charge in [-0.2, -0.15) is 4.98 Å². The van der Waals surface area contributed by atoms with Crippen molar-refractivity contribution in [3.8, 4) is 22.8 Å². The molecule has 0 atom stereocenters. The van der Waals surface area contributed by atoms with Gasteiger partial charge >= 0.3 is 0 Å². The van der Waals surface area contributed by atoms with E-state index in [1.54, 1.807) is 54.7 Å². The second-order valence-corrected chi connectivity index (χ2v) is 7.24. The number of nitro benzene ring substituents is 1. The van der Waals surface area contributed by atoms with Gasteiger partial charge in [-0.25, -0.2) is 4.98 Å². The lowest BCUT2D eigenvalue weighted by molar-refractivity contribution is -0.384. The molecule has 3 aromatic heterocycles. The maximum Gasteiger partial charge on any atom is 0.291 e. The molecule has 5 rings (SSSR count). The Kier molecular flexibility index (Phi) is 4.91. The lowest BCUT2D eigenvalue weighted by Gasteiger charge is -2.10. The molecule has 9 heteroatoms. The van der Waals surface area contributed by atoms with Gasteiger partial charge in [0, 0.05) is 35.1 Å². The molecule has 0 saturated carbocycles. The summed E-state index contributed by atoms with van der Waals surface area (Å²) in [6.07, 6.45) is 1.65. The Morgan fingerprint density at radius 2 is 1.82 bits per heavy atom. The molecule has 0 aliphatic carbocycles. The molecular weight excluding hydrogens is 424 g/mol. The first-order valence-electron chi connectivity index (χ1n) is 9.97. The number of fused-ring (bicyclic) bond motifs is 1. The lowest BCUT2D eigenvalue weighted by atomic mass is 10.1. The second kappa shape index (κ2) is 8.04. The smallest absolute Gasteiger partial charge is 0.291 e. The highest BCUT2D eigenvalue weighted by Gasteiger charge is 2.17. The van der Waals surface area contributed by atoms with Crippen molar-refractivity contribution in [3.63, 3.8) is 0 Å². The summed E-state index contributed by atoms with van der Waals surface area (Å²) < 4.78 is 11.5. The quantitative estimate of drug-likeness (QED) is 0.278. The predicted molar refractivity (Wildman–Crippen MR) is 121 cm³/mol. The molecule has 0 spiro atoms. The van der Waals surface area contributed by atoms with Gasteiger partial charge in [-0.3, -0.25) is 14.9 Å². The molecule has 0 radical (unpaired) electrons. The van der Waals surface area contributed by atoms with Crippen LogP contribution in [0.3, 0.4) is 0 Å². The van der Waals surface area contributed by atoms with E-state index in [1.165, 1.54) is 12.1 Å². The number of nitrogens with one attached hydrogen (secondary N) is 1. The molecule has 2 aromatic carbocycles. The van der Waals surface area contributed by atoms with Crippen molar-refractivity contribution in [2.45, 2.75) is 6.92 Å². The van der Waals surface area contributed by atoms with E-state index in [0.717, 1.165) is 11.1 Å². The van der Waals surface area contributed by atoms with Crippen LogP contribution in [0, 0.1) is 17.0 Å². The summed E-state index contributed by atoms with van der Waals surface area (Å²) in [5, 5.41) is 13.7. The van der Waals surface area contributed by atoms with Crippen molar-refractivity contribution in [1.29, 1.82) is 0 Å². The van der Waals surface area contributed by atoms with Gasteiger partial charge in [0.2, 0.25) is 5.89 Å². The summed E-state index contributed by atoms with van der Waals surface area (Å²) in [6.45, 7) is 1.86. The number of hydrogen-bond acceptors (Lipinski definition) is 7. The van der Waals surface area contributed by atoms with Crippen LogP contribution in [0.15, 0.2) is 81.8 Å². The zero-order chi connectivity index (χ0) is 22.9. The summed E-state index contributed by atoms with van der Waals surface area (Å²) >= 11 is 0. The van der Waals surface area contributed by atoms with Crippen LogP contribution in [0.1, 0.15) is 16.1 Å². The number of nitro groups is 1. The van der Waals surface area contributed by atoms with Gasteiger partial charge in [0.1, 0.15) is 5.76 Å². The first kappa shape index (κ1) is 20.1. The molecule has 0 saturated heterocycles. The zero-order valence-electron chi connectivity index (χ0n) is 17.3. The molecule has 0 aliphatic rings. The van der Waals surface area contributed by atoms with E-state index in [0.29, 0.717) is 34.1 Å². The fraction of sp³-hybridized carbons (Fsp3) is 0.0417. The van der Waals surface area contributed by atoms with Crippen molar-refractivity contribution in [3.05, 3.63) is 94.4 Å². The van der Waals surface area contributed by atoms with Gasteiger partial charge in [-0.15, -0.1) is 0 Å². The number of aromatic nitrogens is 2. The van der Waals surface area contributed by atoms with Crippen LogP contribution in [0.5, 0.6) is 0 Å². The number of rotatable bonds is 5. The van der Waals surface area contributed by atoms with Crippen molar-refractivity contribution in [2.75, 3.05) is 5.32 Å². The minimum absolute atomic E-state index is 0.0200. The standard InChI is InChI=1S/C24H16N4O5/c1-14-17(24-27-22-20(33-24)6-3-13-25-22)4-2-5-18(14)26-23(29)21-12-11-19(32-21)15-7-9-16(10-8-15)28(30)31/h2-13H,1H3,(H,26,29). The predicted octanol–water partition coefficient (Wildman–Crippen LogP) is 5.62. The highest BCUT2D eigenvalue weighted by atomic mass is 16.6. The Morgan fingerprint density at radius 3 is 2.58 bits per heavy atom. The second-order valence-electron chi connectivity index (χ2n) is 7.24. The largest absolute Gasteiger partial charge is 0.451 e. The normalized spacial score (nSPS) is 10.9. The Morgan fingerprint density at radius 1 is 1.00 bits per heavy atom. The van der Waals surface area contributed by atoms with Crippen molar-refractivity contribution in [1.82, 2.24) is 9.97 Å². The SMILES string of the molecule is Cc1c(NC(=O)c2ccc(-c3ccc([N+](=O)[O-])cc3)o2)cccc1-c1nc2ncccc2o1. The molecule has 3 heterocycles. The number of hydrogen-bond donors (Lipinski definition) is 1. The van der Waals surface area contributed by atoms with E-state index in [4.69, 9.17) is 8.83 Å². The lowest BCUT2D eigenvalue weighted by Crippen LogP contribution is -2.12. The van der Waals surface area contributed by atoms with Crippen LogP contribution in [-0.4, -0.2) is 20.8 Å². The summed E-state index contributed by atoms with van der Waals surface area (Å²) in [5.41, 5.74) is 3.79. The maximum absolute atomic E-state index is 12.8. The van der Waals surface area contributed by atoms with Gasteiger partial charge in [-0.05, 0) is 61.0 Å². The Labute approximate surface area is 186 Å². The van der Waals surface area contributed by atoms with E-state index >= 15 is 0 Å². The van der Waals surface area contributed by atoms with E-state index in [1.807, 2.05) is 13.0 Å². The summed E-state index contributed by atoms with van der Waals surface area (Å²) in [5.74, 6) is 0.525. The number of non-ortho nitro benzene ring substituents is 1. The van der Waals surface area contributed by atoms with Gasteiger partial charge in [0.15, 0.2) is 17.0 Å². The molecular formula is C24H16N4O5. The van der Waals surface area contributed by atoms with Crippen LogP contribution < -0.4 is 5.32 Å². The molecule has 1 N–H and O–H groups in total. The average Bonchev–Trinajstić information content (AvgIpc) is 3.48. The molecule has 1 amide bonds. The van der Waals surface area contributed by atoms with E-state index < -0.39 is 10.8 Å². The molecule has 33 heavy (non-hydrogen) atoms. The molecule has 162 valence electrons. The molecule has 9 nitrogen and oxygen atoms in total. The minimum atomic E-state index is -0.474. The third-order valence-electron chi connectivity index (χ3n) is 5.17. The van der Waals surface area contributed by atoms with Gasteiger partial charge in [-0.1, -0.05) is 6.07 Å². The Bertz CT molecular complexity index is 1470. The molecule has 0 fully saturated rings. The first-order valence-corrected chi connectivity index (χ1v) is 9.97. The van der Waals surface area contributed by atoms with Crippen LogP contribution in [-0.2, 0) is 0 Å². The number of anilines is 1. The van der Waals surface area contributed by atoms with Gasteiger partial charge in [0.25, 0.3) is 11.6 Å². The van der Waals surface area contributed by atoms with Crippen molar-refractivity contribution in [2.24, 2.45) is 0 Å². The third kappa shape index (κ3) is 3.83. The fourth-order valence-electron chi connectivity index (χ4n) is 3.43. The first-order chi connectivity index (χ1) is 16.0. The number of benzene rings is 2. The molecule has 0 aliphatic heterocycles. The number of pyridine rings is 1. The van der Waals surface area contributed by atoms with Crippen molar-refractivity contribution < 1.29 is 18.6 Å². The van der Waals surface area contributed by atoms with Crippen LogP contribution >= 0.6 is 0 Å². The number of nitrogens with zero attached hydrogens (tertiary/aromatic N) is 3. The highest BCUT2D eigenvalue weighted by Crippen LogP contribution is 2.31. The molecule has 0 bridgehead atoms. The summed E-state index contributed by atoms with van der Waals surface area (Å²) in [6, 6.07) is 18.1.